The van der Waals surface area contributed by atoms with Gasteiger partial charge in [0.1, 0.15) is 0 Å². The first kappa shape index (κ1) is 13.3. The zero-order valence-electron chi connectivity index (χ0n) is 7.97. The van der Waals surface area contributed by atoms with Gasteiger partial charge in [-0.05, 0) is 6.07 Å². The summed E-state index contributed by atoms with van der Waals surface area (Å²) in [5.74, 6) is -1.31. The van der Waals surface area contributed by atoms with Gasteiger partial charge in [-0.25, -0.2) is 0 Å². The fourth-order valence-electron chi connectivity index (χ4n) is 0.954. The van der Waals surface area contributed by atoms with Crippen molar-refractivity contribution in [2.75, 3.05) is 0 Å². The van der Waals surface area contributed by atoms with Crippen LogP contribution in [0.5, 0.6) is 0 Å². The number of alkyl halides is 3. The van der Waals surface area contributed by atoms with Gasteiger partial charge in [0.05, 0.1) is 11.1 Å². The summed E-state index contributed by atoms with van der Waals surface area (Å²) in [5.41, 5.74) is -1.97. The second kappa shape index (κ2) is 5.04. The van der Waals surface area contributed by atoms with E-state index in [-0.39, 0.29) is 0 Å². The first-order valence-corrected chi connectivity index (χ1v) is 4.47. The van der Waals surface area contributed by atoms with Crippen molar-refractivity contribution in [2.45, 2.75) is 6.18 Å². The third-order valence-corrected chi connectivity index (χ3v) is 1.67. The number of carbonyl (C=O) groups is 2. The lowest BCUT2D eigenvalue weighted by Gasteiger charge is -2.08. The van der Waals surface area contributed by atoms with Crippen LogP contribution in [0.1, 0.15) is 15.9 Å². The van der Waals surface area contributed by atoms with E-state index in [4.69, 9.17) is 0 Å². The van der Waals surface area contributed by atoms with Gasteiger partial charge in [0, 0.05) is 12.4 Å². The zero-order valence-corrected chi connectivity index (χ0v) is 8.87. The molecule has 0 aromatic carbocycles. The second-order valence-electron chi connectivity index (χ2n) is 2.71. The molecule has 1 aromatic rings. The molecule has 1 heterocycles. The Morgan fingerprint density at radius 2 is 1.94 bits per heavy atom. The summed E-state index contributed by atoms with van der Waals surface area (Å²) in [6.45, 7) is 0. The van der Waals surface area contributed by atoms with Crippen LogP contribution in [0.3, 0.4) is 0 Å². The SMILES string of the molecule is O=C(S)N=NC(=O)c1cnccc1C(F)(F)F. The van der Waals surface area contributed by atoms with Crippen molar-refractivity contribution in [1.82, 2.24) is 4.98 Å². The van der Waals surface area contributed by atoms with E-state index in [1.807, 2.05) is 0 Å². The van der Waals surface area contributed by atoms with Crippen LogP contribution in [0.15, 0.2) is 28.7 Å². The standard InChI is InChI=1S/C8H4F3N3O2S/c9-8(10,11)5-1-2-12-3-4(5)6(15)13-14-7(16)17/h1-3H,(H,16,17). The molecule has 0 atom stereocenters. The summed E-state index contributed by atoms with van der Waals surface area (Å²) in [6, 6.07) is 0.630. The van der Waals surface area contributed by atoms with Gasteiger partial charge in [-0.15, -0.1) is 5.11 Å². The number of hydrogen-bond donors (Lipinski definition) is 1. The van der Waals surface area contributed by atoms with E-state index in [0.29, 0.717) is 12.3 Å². The topological polar surface area (TPSA) is 71.8 Å². The van der Waals surface area contributed by atoms with Gasteiger partial charge < -0.3 is 0 Å². The van der Waals surface area contributed by atoms with Gasteiger partial charge in [0.2, 0.25) is 0 Å². The highest BCUT2D eigenvalue weighted by atomic mass is 32.1. The molecule has 0 unspecified atom stereocenters. The van der Waals surface area contributed by atoms with E-state index in [0.717, 1.165) is 6.20 Å². The number of rotatable bonds is 1. The minimum Gasteiger partial charge on any atom is -0.265 e. The van der Waals surface area contributed by atoms with Gasteiger partial charge in [-0.2, -0.15) is 13.2 Å². The molecule has 1 rings (SSSR count). The molecule has 5 nitrogen and oxygen atoms in total. The maximum Gasteiger partial charge on any atom is 0.417 e. The van der Waals surface area contributed by atoms with E-state index in [9.17, 15) is 22.8 Å². The van der Waals surface area contributed by atoms with Gasteiger partial charge in [0.25, 0.3) is 5.91 Å². The lowest BCUT2D eigenvalue weighted by Crippen LogP contribution is -2.12. The van der Waals surface area contributed by atoms with Crippen molar-refractivity contribution < 1.29 is 22.8 Å². The van der Waals surface area contributed by atoms with Crippen LogP contribution in [0.2, 0.25) is 0 Å². The van der Waals surface area contributed by atoms with Crippen molar-refractivity contribution >= 4 is 23.8 Å². The monoisotopic (exact) mass is 263 g/mol. The summed E-state index contributed by atoms with van der Waals surface area (Å²) in [4.78, 5) is 24.9. The van der Waals surface area contributed by atoms with Crippen LogP contribution in [-0.2, 0) is 6.18 Å². The first-order valence-electron chi connectivity index (χ1n) is 4.02. The summed E-state index contributed by atoms with van der Waals surface area (Å²) in [6.07, 6.45) is -3.12. The fraction of sp³-hybridized carbons (Fsp3) is 0.125. The number of aromatic nitrogens is 1. The Hall–Kier alpha value is -1.77. The number of carbonyl (C=O) groups excluding carboxylic acids is 2. The predicted octanol–water partition coefficient (Wildman–Crippen LogP) is 2.74. The minimum atomic E-state index is -4.71. The number of halogens is 3. The lowest BCUT2D eigenvalue weighted by molar-refractivity contribution is -0.138. The Labute approximate surface area is 98.2 Å². The van der Waals surface area contributed by atoms with E-state index in [1.165, 1.54) is 0 Å². The van der Waals surface area contributed by atoms with E-state index in [1.54, 1.807) is 0 Å². The third kappa shape index (κ3) is 3.63. The fourth-order valence-corrected chi connectivity index (χ4v) is 0.999. The Balaban J connectivity index is 3.15. The average Bonchev–Trinajstić information content (AvgIpc) is 2.24. The number of hydrogen-bond acceptors (Lipinski definition) is 3. The van der Waals surface area contributed by atoms with E-state index in [2.05, 4.69) is 27.8 Å². The van der Waals surface area contributed by atoms with Crippen LogP contribution in [0, 0.1) is 0 Å². The van der Waals surface area contributed by atoms with Gasteiger partial charge in [-0.1, -0.05) is 17.7 Å². The number of amides is 2. The highest BCUT2D eigenvalue weighted by Gasteiger charge is 2.35. The Bertz CT molecular complexity index is 487. The van der Waals surface area contributed by atoms with Crippen LogP contribution < -0.4 is 0 Å². The van der Waals surface area contributed by atoms with Crippen LogP contribution in [-0.4, -0.2) is 16.1 Å². The molecule has 0 aliphatic carbocycles. The number of thiol groups is 1. The summed E-state index contributed by atoms with van der Waals surface area (Å²) in [5, 5.41) is 4.43. The normalized spacial score (nSPS) is 11.8. The molecule has 0 bridgehead atoms. The molecule has 2 amide bonds. The van der Waals surface area contributed by atoms with E-state index >= 15 is 0 Å². The maximum absolute atomic E-state index is 12.5. The van der Waals surface area contributed by atoms with Crippen molar-refractivity contribution in [2.24, 2.45) is 10.2 Å². The molecule has 0 N–H and O–H groups in total. The van der Waals surface area contributed by atoms with Crippen LogP contribution >= 0.6 is 12.6 Å². The lowest BCUT2D eigenvalue weighted by atomic mass is 10.1. The highest BCUT2D eigenvalue weighted by Crippen LogP contribution is 2.31. The molecule has 9 heteroatoms. The summed E-state index contributed by atoms with van der Waals surface area (Å²) in [7, 11) is 0. The van der Waals surface area contributed by atoms with Crippen LogP contribution in [0.4, 0.5) is 18.0 Å². The largest absolute Gasteiger partial charge is 0.417 e. The van der Waals surface area contributed by atoms with Crippen molar-refractivity contribution in [1.29, 1.82) is 0 Å². The smallest absolute Gasteiger partial charge is 0.265 e. The predicted molar refractivity (Wildman–Crippen MR) is 52.8 cm³/mol. The molecule has 1 aromatic heterocycles. The maximum atomic E-state index is 12.5. The summed E-state index contributed by atoms with van der Waals surface area (Å²) >= 11 is 3.18. The van der Waals surface area contributed by atoms with Crippen molar-refractivity contribution in [3.63, 3.8) is 0 Å². The number of azo groups is 1. The van der Waals surface area contributed by atoms with Gasteiger partial charge in [-0.3, -0.25) is 14.6 Å². The van der Waals surface area contributed by atoms with Gasteiger partial charge >= 0.3 is 11.4 Å². The number of nitrogens with zero attached hydrogens (tertiary/aromatic N) is 3. The molecule has 90 valence electrons. The Morgan fingerprint density at radius 1 is 1.29 bits per heavy atom. The van der Waals surface area contributed by atoms with Crippen LogP contribution in [0.25, 0.3) is 0 Å². The molecule has 0 spiro atoms. The van der Waals surface area contributed by atoms with Crippen molar-refractivity contribution in [3.8, 4) is 0 Å². The summed E-state index contributed by atoms with van der Waals surface area (Å²) < 4.78 is 37.4. The Kier molecular flexibility index (Phi) is 3.94. The Morgan fingerprint density at radius 3 is 2.47 bits per heavy atom. The first-order chi connectivity index (χ1) is 7.82. The van der Waals surface area contributed by atoms with Crippen molar-refractivity contribution in [3.05, 3.63) is 29.6 Å². The average molecular weight is 263 g/mol. The molecular formula is C8H4F3N3O2S. The molecule has 0 radical (unpaired) electrons. The third-order valence-electron chi connectivity index (χ3n) is 1.58. The number of pyridine rings is 1. The molecular weight excluding hydrogens is 259 g/mol. The zero-order chi connectivity index (χ0) is 13.1. The second-order valence-corrected chi connectivity index (χ2v) is 3.09. The van der Waals surface area contributed by atoms with Gasteiger partial charge in [0.15, 0.2) is 0 Å². The highest BCUT2D eigenvalue weighted by molar-refractivity contribution is 7.96. The minimum absolute atomic E-state index is 0.630. The molecule has 0 saturated carbocycles. The molecule has 0 fully saturated rings. The van der Waals surface area contributed by atoms with E-state index < -0.39 is 28.4 Å². The molecule has 17 heavy (non-hydrogen) atoms. The quantitative estimate of drug-likeness (QED) is 0.625. The molecule has 0 saturated heterocycles. The molecule has 0 aliphatic heterocycles. The molecule has 0 aliphatic rings.